The van der Waals surface area contributed by atoms with E-state index < -0.39 is 0 Å². The molecule has 19 heavy (non-hydrogen) atoms. The maximum absolute atomic E-state index is 5.71. The Hall–Kier alpha value is -1.16. The molecule has 1 atom stereocenters. The van der Waals surface area contributed by atoms with Crippen molar-refractivity contribution in [2.75, 3.05) is 24.5 Å². The van der Waals surface area contributed by atoms with E-state index in [2.05, 4.69) is 14.9 Å². The maximum atomic E-state index is 5.71. The molecule has 4 nitrogen and oxygen atoms in total. The SMILES string of the molecule is NCCC1CCCN(c2ncnc3c2CCCC3)C1. The van der Waals surface area contributed by atoms with Crippen molar-refractivity contribution >= 4 is 5.82 Å². The fraction of sp³-hybridized carbons (Fsp3) is 0.733. The van der Waals surface area contributed by atoms with Gasteiger partial charge in [0.05, 0.1) is 0 Å². The van der Waals surface area contributed by atoms with E-state index in [0.29, 0.717) is 0 Å². The Bertz CT molecular complexity index is 430. The molecule has 1 fully saturated rings. The summed E-state index contributed by atoms with van der Waals surface area (Å²) >= 11 is 0. The number of fused-ring (bicyclic) bond motifs is 1. The van der Waals surface area contributed by atoms with Crippen LogP contribution >= 0.6 is 0 Å². The zero-order valence-electron chi connectivity index (χ0n) is 11.6. The summed E-state index contributed by atoms with van der Waals surface area (Å²) in [5.74, 6) is 1.96. The number of nitrogens with two attached hydrogens (primary N) is 1. The molecule has 2 aliphatic rings. The lowest BCUT2D eigenvalue weighted by atomic mass is 9.92. The summed E-state index contributed by atoms with van der Waals surface area (Å²) < 4.78 is 0. The van der Waals surface area contributed by atoms with E-state index in [1.165, 1.54) is 42.8 Å². The molecule has 2 heterocycles. The van der Waals surface area contributed by atoms with Crippen molar-refractivity contribution in [3.05, 3.63) is 17.6 Å². The second-order valence-corrected chi connectivity index (χ2v) is 5.86. The Morgan fingerprint density at radius 3 is 3.00 bits per heavy atom. The summed E-state index contributed by atoms with van der Waals surface area (Å²) in [6, 6.07) is 0. The van der Waals surface area contributed by atoms with Crippen molar-refractivity contribution < 1.29 is 0 Å². The number of hydrogen-bond donors (Lipinski definition) is 1. The van der Waals surface area contributed by atoms with Gasteiger partial charge in [-0.15, -0.1) is 0 Å². The van der Waals surface area contributed by atoms with E-state index in [-0.39, 0.29) is 0 Å². The molecule has 0 amide bonds. The molecule has 0 saturated carbocycles. The number of hydrogen-bond acceptors (Lipinski definition) is 4. The fourth-order valence-corrected chi connectivity index (χ4v) is 3.51. The zero-order chi connectivity index (χ0) is 13.1. The Kier molecular flexibility index (Phi) is 3.97. The highest BCUT2D eigenvalue weighted by atomic mass is 15.2. The highest BCUT2D eigenvalue weighted by molar-refractivity contribution is 5.49. The van der Waals surface area contributed by atoms with E-state index in [4.69, 9.17) is 5.73 Å². The molecule has 1 aromatic rings. The predicted octanol–water partition coefficient (Wildman–Crippen LogP) is 1.92. The first-order valence-corrected chi connectivity index (χ1v) is 7.66. The minimum absolute atomic E-state index is 0.743. The van der Waals surface area contributed by atoms with E-state index in [9.17, 15) is 0 Å². The first-order chi connectivity index (χ1) is 9.38. The summed E-state index contributed by atoms with van der Waals surface area (Å²) in [7, 11) is 0. The highest BCUT2D eigenvalue weighted by Gasteiger charge is 2.24. The summed E-state index contributed by atoms with van der Waals surface area (Å²) in [5.41, 5.74) is 8.42. The fourth-order valence-electron chi connectivity index (χ4n) is 3.51. The van der Waals surface area contributed by atoms with Gasteiger partial charge in [-0.25, -0.2) is 9.97 Å². The van der Waals surface area contributed by atoms with Crippen molar-refractivity contribution in [1.29, 1.82) is 0 Å². The molecule has 1 aliphatic heterocycles. The normalized spacial score (nSPS) is 23.2. The molecule has 0 bridgehead atoms. The lowest BCUT2D eigenvalue weighted by Gasteiger charge is -2.35. The van der Waals surface area contributed by atoms with Gasteiger partial charge in [0.15, 0.2) is 0 Å². The summed E-state index contributed by atoms with van der Waals surface area (Å²) in [6.45, 7) is 3.07. The minimum Gasteiger partial charge on any atom is -0.356 e. The predicted molar refractivity (Wildman–Crippen MR) is 77.3 cm³/mol. The van der Waals surface area contributed by atoms with Crippen molar-refractivity contribution in [2.24, 2.45) is 11.7 Å². The zero-order valence-corrected chi connectivity index (χ0v) is 11.6. The van der Waals surface area contributed by atoms with Gasteiger partial charge in [-0.2, -0.15) is 0 Å². The molecule has 1 aromatic heterocycles. The summed E-state index contributed by atoms with van der Waals surface area (Å²) in [6.07, 6.45) is 10.3. The van der Waals surface area contributed by atoms with E-state index in [1.54, 1.807) is 6.33 Å². The van der Waals surface area contributed by atoms with Gasteiger partial charge >= 0.3 is 0 Å². The first kappa shape index (κ1) is 12.9. The van der Waals surface area contributed by atoms with Crippen molar-refractivity contribution in [3.8, 4) is 0 Å². The number of piperidine rings is 1. The lowest BCUT2D eigenvalue weighted by molar-refractivity contribution is 0.393. The standard InChI is InChI=1S/C15H24N4/c16-8-7-12-4-3-9-19(10-12)15-13-5-1-2-6-14(13)17-11-18-15/h11-12H,1-10,16H2. The van der Waals surface area contributed by atoms with Gasteiger partial charge < -0.3 is 10.6 Å². The molecule has 4 heteroatoms. The van der Waals surface area contributed by atoms with Gasteiger partial charge in [0.2, 0.25) is 0 Å². The second kappa shape index (κ2) is 5.87. The van der Waals surface area contributed by atoms with E-state index >= 15 is 0 Å². The largest absolute Gasteiger partial charge is 0.356 e. The molecule has 2 N–H and O–H groups in total. The number of rotatable bonds is 3. The van der Waals surface area contributed by atoms with Gasteiger partial charge in [-0.3, -0.25) is 0 Å². The monoisotopic (exact) mass is 260 g/mol. The Labute approximate surface area is 115 Å². The average Bonchev–Trinajstić information content (AvgIpc) is 2.47. The molecule has 1 unspecified atom stereocenters. The third-order valence-electron chi connectivity index (χ3n) is 4.50. The number of anilines is 1. The second-order valence-electron chi connectivity index (χ2n) is 5.86. The van der Waals surface area contributed by atoms with Crippen LogP contribution in [-0.2, 0) is 12.8 Å². The van der Waals surface area contributed by atoms with Gasteiger partial charge in [0, 0.05) is 24.3 Å². The van der Waals surface area contributed by atoms with Crippen molar-refractivity contribution in [2.45, 2.75) is 44.9 Å². The molecule has 1 aliphatic carbocycles. The number of aromatic nitrogens is 2. The van der Waals surface area contributed by atoms with Crippen LogP contribution in [0.4, 0.5) is 5.82 Å². The van der Waals surface area contributed by atoms with E-state index in [0.717, 1.165) is 44.8 Å². The Morgan fingerprint density at radius 1 is 1.21 bits per heavy atom. The first-order valence-electron chi connectivity index (χ1n) is 7.66. The van der Waals surface area contributed by atoms with Crippen LogP contribution < -0.4 is 10.6 Å². The minimum atomic E-state index is 0.743. The molecule has 0 radical (unpaired) electrons. The maximum Gasteiger partial charge on any atom is 0.135 e. The molecular formula is C15H24N4. The number of aryl methyl sites for hydroxylation is 1. The van der Waals surface area contributed by atoms with Crippen LogP contribution in [0, 0.1) is 5.92 Å². The van der Waals surface area contributed by atoms with Crippen LogP contribution in [0.15, 0.2) is 6.33 Å². The topological polar surface area (TPSA) is 55.0 Å². The van der Waals surface area contributed by atoms with Crippen LogP contribution in [0.1, 0.15) is 43.4 Å². The van der Waals surface area contributed by atoms with Crippen LogP contribution in [0.25, 0.3) is 0 Å². The Balaban J connectivity index is 1.81. The third kappa shape index (κ3) is 2.73. The van der Waals surface area contributed by atoms with Gasteiger partial charge in [-0.05, 0) is 57.4 Å². The average molecular weight is 260 g/mol. The summed E-state index contributed by atoms with van der Waals surface area (Å²) in [5, 5.41) is 0. The molecule has 104 valence electrons. The molecule has 0 spiro atoms. The van der Waals surface area contributed by atoms with Crippen LogP contribution in [-0.4, -0.2) is 29.6 Å². The molecular weight excluding hydrogens is 236 g/mol. The van der Waals surface area contributed by atoms with Crippen LogP contribution in [0.5, 0.6) is 0 Å². The highest BCUT2D eigenvalue weighted by Crippen LogP contribution is 2.30. The van der Waals surface area contributed by atoms with E-state index in [1.807, 2.05) is 0 Å². The van der Waals surface area contributed by atoms with Crippen LogP contribution in [0.2, 0.25) is 0 Å². The van der Waals surface area contributed by atoms with Gasteiger partial charge in [0.25, 0.3) is 0 Å². The number of nitrogens with zero attached hydrogens (tertiary/aromatic N) is 3. The smallest absolute Gasteiger partial charge is 0.135 e. The van der Waals surface area contributed by atoms with Crippen molar-refractivity contribution in [1.82, 2.24) is 9.97 Å². The molecule has 0 aromatic carbocycles. The lowest BCUT2D eigenvalue weighted by Crippen LogP contribution is -2.37. The molecule has 3 rings (SSSR count). The third-order valence-corrected chi connectivity index (χ3v) is 4.50. The van der Waals surface area contributed by atoms with Gasteiger partial charge in [0.1, 0.15) is 12.1 Å². The quantitative estimate of drug-likeness (QED) is 0.902. The van der Waals surface area contributed by atoms with Crippen LogP contribution in [0.3, 0.4) is 0 Å². The summed E-state index contributed by atoms with van der Waals surface area (Å²) in [4.78, 5) is 11.5. The Morgan fingerprint density at radius 2 is 2.11 bits per heavy atom. The van der Waals surface area contributed by atoms with Gasteiger partial charge in [-0.1, -0.05) is 0 Å². The molecule has 1 saturated heterocycles. The van der Waals surface area contributed by atoms with Crippen molar-refractivity contribution in [3.63, 3.8) is 0 Å².